The molecular formula is C12H11F3N2O. The van der Waals surface area contributed by atoms with E-state index in [0.717, 1.165) is 12.1 Å². The summed E-state index contributed by atoms with van der Waals surface area (Å²) in [7, 11) is 1.53. The summed E-state index contributed by atoms with van der Waals surface area (Å²) in [6.07, 6.45) is -2.75. The third-order valence-corrected chi connectivity index (χ3v) is 2.37. The van der Waals surface area contributed by atoms with Crippen LogP contribution >= 0.6 is 0 Å². The highest BCUT2D eigenvalue weighted by Gasteiger charge is 2.30. The van der Waals surface area contributed by atoms with E-state index < -0.39 is 11.7 Å². The summed E-state index contributed by atoms with van der Waals surface area (Å²) in [6.45, 7) is 0.325. The van der Waals surface area contributed by atoms with Crippen molar-refractivity contribution in [3.63, 3.8) is 0 Å². The maximum absolute atomic E-state index is 12.6. The minimum absolute atomic E-state index is 0.325. The SMILES string of the molecule is COCc1ccn(-c2cccc(C(F)(F)F)c2)n1. The van der Waals surface area contributed by atoms with Gasteiger partial charge in [-0.25, -0.2) is 4.68 Å². The van der Waals surface area contributed by atoms with Crippen molar-refractivity contribution < 1.29 is 17.9 Å². The lowest BCUT2D eigenvalue weighted by Gasteiger charge is -2.08. The highest BCUT2D eigenvalue weighted by atomic mass is 19.4. The van der Waals surface area contributed by atoms with Crippen LogP contribution in [-0.4, -0.2) is 16.9 Å². The van der Waals surface area contributed by atoms with Crippen molar-refractivity contribution in [2.45, 2.75) is 12.8 Å². The van der Waals surface area contributed by atoms with E-state index in [1.165, 1.54) is 17.9 Å². The van der Waals surface area contributed by atoms with E-state index in [1.54, 1.807) is 18.3 Å². The Balaban J connectivity index is 2.32. The third-order valence-electron chi connectivity index (χ3n) is 2.37. The van der Waals surface area contributed by atoms with Crippen molar-refractivity contribution in [2.24, 2.45) is 0 Å². The maximum Gasteiger partial charge on any atom is 0.416 e. The predicted octanol–water partition coefficient (Wildman–Crippen LogP) is 3.04. The second kappa shape index (κ2) is 4.81. The van der Waals surface area contributed by atoms with Gasteiger partial charge in [-0.3, -0.25) is 0 Å². The molecule has 0 amide bonds. The molecule has 3 nitrogen and oxygen atoms in total. The molecule has 0 atom stereocenters. The minimum Gasteiger partial charge on any atom is -0.378 e. The molecule has 96 valence electrons. The molecule has 0 saturated carbocycles. The minimum atomic E-state index is -4.35. The first-order valence-electron chi connectivity index (χ1n) is 5.22. The highest BCUT2D eigenvalue weighted by molar-refractivity contribution is 5.36. The van der Waals surface area contributed by atoms with Gasteiger partial charge in [0.05, 0.1) is 23.6 Å². The van der Waals surface area contributed by atoms with Gasteiger partial charge in [-0.2, -0.15) is 18.3 Å². The standard InChI is InChI=1S/C12H11F3N2O/c1-18-8-10-5-6-17(16-10)11-4-2-3-9(7-11)12(13,14)15/h2-7H,8H2,1H3. The van der Waals surface area contributed by atoms with Crippen LogP contribution in [0.5, 0.6) is 0 Å². The van der Waals surface area contributed by atoms with Crippen molar-refractivity contribution in [1.29, 1.82) is 0 Å². The molecular weight excluding hydrogens is 245 g/mol. The van der Waals surface area contributed by atoms with Crippen LogP contribution in [0.2, 0.25) is 0 Å². The Morgan fingerprint density at radius 3 is 2.72 bits per heavy atom. The van der Waals surface area contributed by atoms with Crippen LogP contribution in [0.3, 0.4) is 0 Å². The van der Waals surface area contributed by atoms with Crippen molar-refractivity contribution in [1.82, 2.24) is 9.78 Å². The normalized spacial score (nSPS) is 11.8. The summed E-state index contributed by atoms with van der Waals surface area (Å²) in [5.74, 6) is 0. The van der Waals surface area contributed by atoms with E-state index in [1.807, 2.05) is 0 Å². The highest BCUT2D eigenvalue weighted by Crippen LogP contribution is 2.30. The second-order valence-electron chi connectivity index (χ2n) is 3.73. The van der Waals surface area contributed by atoms with E-state index in [0.29, 0.717) is 18.0 Å². The topological polar surface area (TPSA) is 27.1 Å². The molecule has 0 aliphatic carbocycles. The molecule has 6 heteroatoms. The van der Waals surface area contributed by atoms with Crippen LogP contribution in [-0.2, 0) is 17.5 Å². The summed E-state index contributed by atoms with van der Waals surface area (Å²) in [6, 6.07) is 6.71. The zero-order valence-electron chi connectivity index (χ0n) is 9.61. The molecule has 0 spiro atoms. The quantitative estimate of drug-likeness (QED) is 0.844. The fraction of sp³-hybridized carbons (Fsp3) is 0.250. The van der Waals surface area contributed by atoms with Gasteiger partial charge in [0.2, 0.25) is 0 Å². The molecule has 0 aliphatic rings. The lowest BCUT2D eigenvalue weighted by atomic mass is 10.2. The third kappa shape index (κ3) is 2.70. The lowest BCUT2D eigenvalue weighted by Crippen LogP contribution is -2.06. The van der Waals surface area contributed by atoms with Gasteiger partial charge >= 0.3 is 6.18 Å². The van der Waals surface area contributed by atoms with Crippen molar-refractivity contribution in [3.05, 3.63) is 47.8 Å². The molecule has 0 saturated heterocycles. The number of hydrogen-bond donors (Lipinski definition) is 0. The Morgan fingerprint density at radius 2 is 2.06 bits per heavy atom. The van der Waals surface area contributed by atoms with Crippen LogP contribution in [0.4, 0.5) is 13.2 Å². The molecule has 2 aromatic rings. The van der Waals surface area contributed by atoms with Crippen LogP contribution in [0.1, 0.15) is 11.3 Å². The summed E-state index contributed by atoms with van der Waals surface area (Å²) < 4.78 is 44.0. The first-order chi connectivity index (χ1) is 8.50. The van der Waals surface area contributed by atoms with Gasteiger partial charge in [0, 0.05) is 13.3 Å². The molecule has 2 rings (SSSR count). The summed E-state index contributed by atoms with van der Waals surface area (Å²) >= 11 is 0. The maximum atomic E-state index is 12.6. The molecule has 18 heavy (non-hydrogen) atoms. The van der Waals surface area contributed by atoms with Crippen molar-refractivity contribution in [3.8, 4) is 5.69 Å². The van der Waals surface area contributed by atoms with Gasteiger partial charge in [0.25, 0.3) is 0 Å². The Hall–Kier alpha value is -1.82. The molecule has 0 radical (unpaired) electrons. The number of rotatable bonds is 3. The molecule has 0 unspecified atom stereocenters. The van der Waals surface area contributed by atoms with E-state index in [4.69, 9.17) is 4.74 Å². The van der Waals surface area contributed by atoms with Crippen molar-refractivity contribution >= 4 is 0 Å². The number of benzene rings is 1. The molecule has 0 bridgehead atoms. The average molecular weight is 256 g/mol. The van der Waals surface area contributed by atoms with E-state index >= 15 is 0 Å². The lowest BCUT2D eigenvalue weighted by molar-refractivity contribution is -0.137. The second-order valence-corrected chi connectivity index (χ2v) is 3.73. The largest absolute Gasteiger partial charge is 0.416 e. The Kier molecular flexibility index (Phi) is 3.38. The zero-order chi connectivity index (χ0) is 13.2. The monoisotopic (exact) mass is 256 g/mol. The van der Waals surface area contributed by atoms with Gasteiger partial charge in [0.15, 0.2) is 0 Å². The van der Waals surface area contributed by atoms with Crippen LogP contribution < -0.4 is 0 Å². The first-order valence-corrected chi connectivity index (χ1v) is 5.22. The Labute approximate surface area is 102 Å². The summed E-state index contributed by atoms with van der Waals surface area (Å²) in [4.78, 5) is 0. The van der Waals surface area contributed by atoms with Crippen LogP contribution in [0.25, 0.3) is 5.69 Å². The molecule has 1 heterocycles. The van der Waals surface area contributed by atoms with Gasteiger partial charge in [0.1, 0.15) is 0 Å². The van der Waals surface area contributed by atoms with Gasteiger partial charge in [-0.05, 0) is 24.3 Å². The van der Waals surface area contributed by atoms with Gasteiger partial charge in [-0.1, -0.05) is 6.07 Å². The Morgan fingerprint density at radius 1 is 1.28 bits per heavy atom. The van der Waals surface area contributed by atoms with E-state index in [9.17, 15) is 13.2 Å². The fourth-order valence-electron chi connectivity index (χ4n) is 1.56. The summed E-state index contributed by atoms with van der Waals surface area (Å²) in [5, 5.41) is 4.12. The summed E-state index contributed by atoms with van der Waals surface area (Å²) in [5.41, 5.74) is 0.339. The number of halogens is 3. The zero-order valence-corrected chi connectivity index (χ0v) is 9.61. The van der Waals surface area contributed by atoms with Crippen LogP contribution in [0.15, 0.2) is 36.5 Å². The first kappa shape index (κ1) is 12.6. The molecule has 0 aliphatic heterocycles. The predicted molar refractivity (Wildman–Crippen MR) is 59.3 cm³/mol. The van der Waals surface area contributed by atoms with E-state index in [2.05, 4.69) is 5.10 Å². The average Bonchev–Trinajstić information content (AvgIpc) is 2.77. The molecule has 0 N–H and O–H groups in total. The van der Waals surface area contributed by atoms with Crippen molar-refractivity contribution in [2.75, 3.05) is 7.11 Å². The smallest absolute Gasteiger partial charge is 0.378 e. The van der Waals surface area contributed by atoms with Gasteiger partial charge in [-0.15, -0.1) is 0 Å². The number of ether oxygens (including phenoxy) is 1. The van der Waals surface area contributed by atoms with Crippen LogP contribution in [0, 0.1) is 0 Å². The van der Waals surface area contributed by atoms with E-state index in [-0.39, 0.29) is 0 Å². The number of methoxy groups -OCH3 is 1. The molecule has 1 aromatic heterocycles. The van der Waals surface area contributed by atoms with Gasteiger partial charge < -0.3 is 4.74 Å². The number of aromatic nitrogens is 2. The molecule has 0 fully saturated rings. The Bertz CT molecular complexity index is 534. The number of hydrogen-bond acceptors (Lipinski definition) is 2. The number of alkyl halides is 3. The molecule has 1 aromatic carbocycles. The number of nitrogens with zero attached hydrogens (tertiary/aromatic N) is 2. The fourth-order valence-corrected chi connectivity index (χ4v) is 1.56.